The maximum absolute atomic E-state index is 11.3. The van der Waals surface area contributed by atoms with E-state index in [4.69, 9.17) is 33.2 Å². The van der Waals surface area contributed by atoms with Gasteiger partial charge in [0.25, 0.3) is 0 Å². The fraction of sp³-hybridized carbons (Fsp3) is 1.00. The maximum Gasteiger partial charge on any atom is 0.187 e. The molecule has 37 heavy (non-hydrogen) atoms. The lowest BCUT2D eigenvalue weighted by Gasteiger charge is -2.49. The Balaban J connectivity index is 3.25. The van der Waals surface area contributed by atoms with E-state index in [9.17, 15) is 20.4 Å². The van der Waals surface area contributed by atoms with Crippen LogP contribution in [0.25, 0.3) is 0 Å². The zero-order valence-corrected chi connectivity index (χ0v) is 23.9. The van der Waals surface area contributed by atoms with Crippen LogP contribution in [-0.2, 0) is 33.2 Å². The van der Waals surface area contributed by atoms with Gasteiger partial charge in [0, 0.05) is 21.3 Å². The predicted molar refractivity (Wildman–Crippen MR) is 136 cm³/mol. The minimum Gasteiger partial charge on any atom is -0.394 e. The van der Waals surface area contributed by atoms with E-state index in [1.807, 2.05) is 34.6 Å². The van der Waals surface area contributed by atoms with Crippen LogP contribution in [0.3, 0.4) is 0 Å². The van der Waals surface area contributed by atoms with Crippen LogP contribution >= 0.6 is 0 Å². The van der Waals surface area contributed by atoms with Crippen LogP contribution in [-0.4, -0.2) is 128 Å². The second-order valence-corrected chi connectivity index (χ2v) is 9.61. The molecule has 0 saturated carbocycles. The third-order valence-electron chi connectivity index (χ3n) is 7.42. The molecule has 9 atom stereocenters. The molecule has 0 amide bonds. The summed E-state index contributed by atoms with van der Waals surface area (Å²) in [5, 5.41) is 42.5. The highest BCUT2D eigenvalue weighted by Crippen LogP contribution is 2.35. The molecule has 1 saturated heterocycles. The van der Waals surface area contributed by atoms with Crippen molar-refractivity contribution in [1.82, 2.24) is 0 Å². The third kappa shape index (κ3) is 9.04. The van der Waals surface area contributed by atoms with Crippen molar-refractivity contribution in [2.75, 3.05) is 41.2 Å². The van der Waals surface area contributed by atoms with Crippen molar-refractivity contribution in [2.45, 2.75) is 127 Å². The number of hydrogen-bond donors (Lipinski definition) is 4. The van der Waals surface area contributed by atoms with Crippen LogP contribution in [0.1, 0.15) is 60.3 Å². The molecular weight excluding hydrogens is 488 g/mol. The zero-order valence-electron chi connectivity index (χ0n) is 23.9. The lowest BCUT2D eigenvalue weighted by molar-refractivity contribution is -0.330. The Morgan fingerprint density at radius 2 is 1.54 bits per heavy atom. The molecule has 1 aliphatic heterocycles. The SMILES string of the molecule is CCC(CC)O[C@@H](C)C(COC)OC(OC1C(O)C(OC)[C@H](C(O)(CC)CC)O[C@H]1CO)[C@H](CO)OC. The van der Waals surface area contributed by atoms with E-state index in [1.165, 1.54) is 14.2 Å². The molecule has 0 aromatic carbocycles. The Morgan fingerprint density at radius 3 is 1.97 bits per heavy atom. The summed E-state index contributed by atoms with van der Waals surface area (Å²) in [5.41, 5.74) is -1.28. The molecule has 1 heterocycles. The molecular formula is C26H52O11. The van der Waals surface area contributed by atoms with Crippen molar-refractivity contribution in [3.8, 4) is 0 Å². The summed E-state index contributed by atoms with van der Waals surface area (Å²) in [5.74, 6) is 0. The standard InChI is InChI=1S/C26H52O11/c1-9-17(10-2)34-16(5)20(15-31-6)36-25(19(14-28)32-7)37-22-18(13-27)35-24(23(33-8)21(22)29)26(30,11-3)12-4/h16-25,27-30H,9-15H2,1-8H3/t16-,18-,19-,20?,21?,22?,23?,24+,25?/m0/s1. The minimum absolute atomic E-state index is 0.0380. The molecule has 222 valence electrons. The first kappa shape index (κ1) is 34.6. The van der Waals surface area contributed by atoms with Gasteiger partial charge in [-0.25, -0.2) is 0 Å². The van der Waals surface area contributed by atoms with Crippen molar-refractivity contribution in [1.29, 1.82) is 0 Å². The van der Waals surface area contributed by atoms with Gasteiger partial charge in [-0.1, -0.05) is 27.7 Å². The molecule has 1 fully saturated rings. The molecule has 0 aromatic rings. The first-order valence-corrected chi connectivity index (χ1v) is 13.4. The van der Waals surface area contributed by atoms with E-state index in [1.54, 1.807) is 7.11 Å². The number of aliphatic hydroxyl groups excluding tert-OH is 3. The van der Waals surface area contributed by atoms with Crippen molar-refractivity contribution in [2.24, 2.45) is 0 Å². The highest BCUT2D eigenvalue weighted by molar-refractivity contribution is 5.02. The van der Waals surface area contributed by atoms with Gasteiger partial charge in [-0.05, 0) is 32.6 Å². The summed E-state index contributed by atoms with van der Waals surface area (Å²) in [4.78, 5) is 0. The summed E-state index contributed by atoms with van der Waals surface area (Å²) >= 11 is 0. The van der Waals surface area contributed by atoms with Crippen LogP contribution in [0.4, 0.5) is 0 Å². The van der Waals surface area contributed by atoms with Crippen molar-refractivity contribution < 1.29 is 53.6 Å². The molecule has 0 aromatic heterocycles. The van der Waals surface area contributed by atoms with Crippen LogP contribution in [0.5, 0.6) is 0 Å². The second-order valence-electron chi connectivity index (χ2n) is 9.61. The van der Waals surface area contributed by atoms with Gasteiger partial charge < -0.3 is 53.6 Å². The topological polar surface area (TPSA) is 146 Å². The Hall–Kier alpha value is -0.440. The first-order valence-electron chi connectivity index (χ1n) is 13.4. The monoisotopic (exact) mass is 540 g/mol. The smallest absolute Gasteiger partial charge is 0.187 e. The Labute approximate surface area is 222 Å². The van der Waals surface area contributed by atoms with Gasteiger partial charge in [0.2, 0.25) is 0 Å². The van der Waals surface area contributed by atoms with Crippen LogP contribution < -0.4 is 0 Å². The summed E-state index contributed by atoms with van der Waals surface area (Å²) in [7, 11) is 4.36. The largest absolute Gasteiger partial charge is 0.394 e. The number of hydrogen-bond acceptors (Lipinski definition) is 11. The van der Waals surface area contributed by atoms with E-state index in [0.717, 1.165) is 12.8 Å². The second kappa shape index (κ2) is 17.3. The lowest BCUT2D eigenvalue weighted by Crippen LogP contribution is -2.67. The maximum atomic E-state index is 11.3. The van der Waals surface area contributed by atoms with E-state index in [0.29, 0.717) is 12.8 Å². The van der Waals surface area contributed by atoms with E-state index >= 15 is 0 Å². The lowest BCUT2D eigenvalue weighted by atomic mass is 9.81. The molecule has 0 radical (unpaired) electrons. The van der Waals surface area contributed by atoms with Gasteiger partial charge in [-0.15, -0.1) is 0 Å². The van der Waals surface area contributed by atoms with Crippen LogP contribution in [0.15, 0.2) is 0 Å². The molecule has 1 aliphatic rings. The molecule has 5 unspecified atom stereocenters. The zero-order chi connectivity index (χ0) is 28.2. The Morgan fingerprint density at radius 1 is 0.919 bits per heavy atom. The van der Waals surface area contributed by atoms with Crippen molar-refractivity contribution in [3.63, 3.8) is 0 Å². The highest BCUT2D eigenvalue weighted by atomic mass is 16.7. The predicted octanol–water partition coefficient (Wildman–Crippen LogP) is 1.02. The summed E-state index contributed by atoms with van der Waals surface area (Å²) in [6, 6.07) is 0. The highest BCUT2D eigenvalue weighted by Gasteiger charge is 2.53. The fourth-order valence-electron chi connectivity index (χ4n) is 4.72. The molecule has 0 spiro atoms. The number of aliphatic hydroxyl groups is 4. The molecule has 11 nitrogen and oxygen atoms in total. The number of ether oxygens (including phenoxy) is 7. The van der Waals surface area contributed by atoms with Crippen molar-refractivity contribution >= 4 is 0 Å². The van der Waals surface area contributed by atoms with Gasteiger partial charge in [-0.2, -0.15) is 0 Å². The fourth-order valence-corrected chi connectivity index (χ4v) is 4.72. The Bertz CT molecular complexity index is 583. The van der Waals surface area contributed by atoms with E-state index < -0.39 is 67.8 Å². The van der Waals surface area contributed by atoms with Gasteiger partial charge in [-0.3, -0.25) is 0 Å². The van der Waals surface area contributed by atoms with Gasteiger partial charge in [0.15, 0.2) is 6.29 Å². The van der Waals surface area contributed by atoms with Gasteiger partial charge in [0.1, 0.15) is 42.7 Å². The normalized spacial score (nSPS) is 28.3. The average molecular weight is 541 g/mol. The summed E-state index contributed by atoms with van der Waals surface area (Å²) in [6.07, 6.45) is -5.88. The first-order chi connectivity index (χ1) is 17.6. The number of rotatable bonds is 19. The third-order valence-corrected chi connectivity index (χ3v) is 7.42. The average Bonchev–Trinajstić information content (AvgIpc) is 2.91. The summed E-state index contributed by atoms with van der Waals surface area (Å²) in [6.45, 7) is 8.85. The van der Waals surface area contributed by atoms with Gasteiger partial charge >= 0.3 is 0 Å². The van der Waals surface area contributed by atoms with Crippen molar-refractivity contribution in [3.05, 3.63) is 0 Å². The van der Waals surface area contributed by atoms with E-state index in [-0.39, 0.29) is 18.8 Å². The molecule has 4 N–H and O–H groups in total. The molecule has 11 heteroatoms. The Kier molecular flexibility index (Phi) is 16.2. The van der Waals surface area contributed by atoms with E-state index in [2.05, 4.69) is 0 Å². The van der Waals surface area contributed by atoms with Crippen LogP contribution in [0.2, 0.25) is 0 Å². The quantitative estimate of drug-likeness (QED) is 0.174. The summed E-state index contributed by atoms with van der Waals surface area (Å²) < 4.78 is 41.0. The molecule has 1 rings (SSSR count). The number of methoxy groups -OCH3 is 3. The molecule has 0 bridgehead atoms. The van der Waals surface area contributed by atoms with Crippen LogP contribution in [0, 0.1) is 0 Å². The van der Waals surface area contributed by atoms with Gasteiger partial charge in [0.05, 0.1) is 37.6 Å². The minimum atomic E-state index is -1.29. The molecule has 0 aliphatic carbocycles.